The molecule has 0 aliphatic carbocycles. The lowest BCUT2D eigenvalue weighted by Crippen LogP contribution is -2.50. The second-order valence-corrected chi connectivity index (χ2v) is 4.25. The molecule has 0 bridgehead atoms. The summed E-state index contributed by atoms with van der Waals surface area (Å²) in [6.07, 6.45) is 8.32. The van der Waals surface area contributed by atoms with Crippen LogP contribution in [0.15, 0.2) is 29.0 Å². The molecule has 2 amide bonds. The predicted octanol–water partition coefficient (Wildman–Crippen LogP) is 0.499. The Morgan fingerprint density at radius 2 is 2.29 bits per heavy atom. The minimum absolute atomic E-state index is 0.204. The lowest BCUT2D eigenvalue weighted by molar-refractivity contribution is -0.134. The molecule has 1 saturated heterocycles. The Morgan fingerprint density at radius 3 is 3.06 bits per heavy atom. The van der Waals surface area contributed by atoms with Crippen LogP contribution in [0.4, 0.5) is 0 Å². The molecule has 0 aromatic heterocycles. The van der Waals surface area contributed by atoms with Gasteiger partial charge in [-0.3, -0.25) is 19.9 Å². The van der Waals surface area contributed by atoms with Gasteiger partial charge in [0, 0.05) is 24.8 Å². The van der Waals surface area contributed by atoms with Gasteiger partial charge in [0.15, 0.2) is 0 Å². The Bertz CT molecular complexity index is 423. The number of imide groups is 1. The van der Waals surface area contributed by atoms with Crippen LogP contribution in [0, 0.1) is 5.92 Å². The number of aliphatic imine (C=N–C) groups is 1. The lowest BCUT2D eigenvalue weighted by Gasteiger charge is -2.22. The summed E-state index contributed by atoms with van der Waals surface area (Å²) in [5.41, 5.74) is 0.792. The maximum Gasteiger partial charge on any atom is 0.249 e. The van der Waals surface area contributed by atoms with Crippen molar-refractivity contribution < 1.29 is 9.59 Å². The highest BCUT2D eigenvalue weighted by atomic mass is 16.2. The molecular weight excluding hydrogens is 218 g/mol. The van der Waals surface area contributed by atoms with Crippen molar-refractivity contribution in [1.82, 2.24) is 10.6 Å². The van der Waals surface area contributed by atoms with Crippen molar-refractivity contribution in [2.75, 3.05) is 0 Å². The molecule has 17 heavy (non-hydrogen) atoms. The van der Waals surface area contributed by atoms with Crippen LogP contribution in [0.3, 0.4) is 0 Å². The van der Waals surface area contributed by atoms with Gasteiger partial charge in [0.05, 0.1) is 5.70 Å². The SMILES string of the molecule is CC1C=CC(NC2CCC(=O)NC2=O)=CN=C1. The molecule has 5 heteroatoms. The normalized spacial score (nSPS) is 28.4. The largest absolute Gasteiger partial charge is 0.372 e. The Kier molecular flexibility index (Phi) is 3.37. The number of hydrogen-bond acceptors (Lipinski definition) is 4. The third kappa shape index (κ3) is 3.03. The van der Waals surface area contributed by atoms with Gasteiger partial charge in [0.1, 0.15) is 6.04 Å². The first-order valence-corrected chi connectivity index (χ1v) is 5.67. The van der Waals surface area contributed by atoms with Gasteiger partial charge in [-0.05, 0) is 12.5 Å². The van der Waals surface area contributed by atoms with Gasteiger partial charge in [0.25, 0.3) is 0 Å². The smallest absolute Gasteiger partial charge is 0.249 e. The fourth-order valence-electron chi connectivity index (χ4n) is 1.73. The molecule has 2 aliphatic heterocycles. The van der Waals surface area contributed by atoms with E-state index < -0.39 is 0 Å². The molecular formula is C12H15N3O2. The summed E-state index contributed by atoms with van der Waals surface area (Å²) in [5, 5.41) is 5.40. The Morgan fingerprint density at radius 1 is 1.47 bits per heavy atom. The summed E-state index contributed by atoms with van der Waals surface area (Å²) in [5.74, 6) is -0.186. The molecule has 2 heterocycles. The summed E-state index contributed by atoms with van der Waals surface area (Å²) in [6, 6.07) is -0.354. The molecule has 2 aliphatic rings. The molecule has 1 fully saturated rings. The number of allylic oxidation sites excluding steroid dienone is 2. The molecule has 2 unspecified atom stereocenters. The number of amides is 2. The molecule has 2 rings (SSSR count). The van der Waals surface area contributed by atoms with E-state index in [1.165, 1.54) is 0 Å². The molecule has 0 aromatic carbocycles. The van der Waals surface area contributed by atoms with E-state index in [1.54, 1.807) is 6.20 Å². The zero-order valence-electron chi connectivity index (χ0n) is 9.64. The van der Waals surface area contributed by atoms with Crippen LogP contribution in [0.5, 0.6) is 0 Å². The number of nitrogens with one attached hydrogen (secondary N) is 2. The molecule has 2 atom stereocenters. The molecule has 0 aromatic rings. The van der Waals surface area contributed by atoms with Gasteiger partial charge in [-0.2, -0.15) is 0 Å². The van der Waals surface area contributed by atoms with E-state index in [-0.39, 0.29) is 23.8 Å². The monoisotopic (exact) mass is 233 g/mol. The van der Waals surface area contributed by atoms with Crippen molar-refractivity contribution in [3.8, 4) is 0 Å². The number of carbonyl (C=O) groups is 2. The van der Waals surface area contributed by atoms with E-state index >= 15 is 0 Å². The first-order chi connectivity index (χ1) is 8.15. The van der Waals surface area contributed by atoms with Crippen LogP contribution in [-0.2, 0) is 9.59 Å². The first-order valence-electron chi connectivity index (χ1n) is 5.67. The minimum atomic E-state index is -0.354. The summed E-state index contributed by atoms with van der Waals surface area (Å²) in [4.78, 5) is 26.7. The van der Waals surface area contributed by atoms with Crippen molar-refractivity contribution in [3.05, 3.63) is 24.0 Å². The van der Waals surface area contributed by atoms with E-state index in [0.29, 0.717) is 12.8 Å². The summed E-state index contributed by atoms with van der Waals surface area (Å²) in [6.45, 7) is 2.03. The molecule has 2 N–H and O–H groups in total. The molecule has 0 radical (unpaired) electrons. The maximum atomic E-state index is 11.5. The number of hydrogen-bond donors (Lipinski definition) is 2. The van der Waals surface area contributed by atoms with Crippen LogP contribution in [0.1, 0.15) is 19.8 Å². The zero-order valence-corrected chi connectivity index (χ0v) is 9.64. The van der Waals surface area contributed by atoms with Crippen molar-refractivity contribution in [1.29, 1.82) is 0 Å². The third-order valence-corrected chi connectivity index (χ3v) is 2.69. The van der Waals surface area contributed by atoms with Crippen LogP contribution >= 0.6 is 0 Å². The lowest BCUT2D eigenvalue weighted by atomic mass is 10.1. The quantitative estimate of drug-likeness (QED) is 0.682. The highest BCUT2D eigenvalue weighted by Crippen LogP contribution is 2.09. The summed E-state index contributed by atoms with van der Waals surface area (Å²) >= 11 is 0. The highest BCUT2D eigenvalue weighted by Gasteiger charge is 2.26. The fourth-order valence-corrected chi connectivity index (χ4v) is 1.73. The van der Waals surface area contributed by atoms with E-state index in [2.05, 4.69) is 15.6 Å². The van der Waals surface area contributed by atoms with Gasteiger partial charge in [-0.25, -0.2) is 0 Å². The zero-order chi connectivity index (χ0) is 12.3. The van der Waals surface area contributed by atoms with Crippen LogP contribution in [0.2, 0.25) is 0 Å². The topological polar surface area (TPSA) is 70.6 Å². The molecule has 90 valence electrons. The van der Waals surface area contributed by atoms with E-state index in [4.69, 9.17) is 0 Å². The van der Waals surface area contributed by atoms with Crippen molar-refractivity contribution in [2.45, 2.75) is 25.8 Å². The van der Waals surface area contributed by atoms with Crippen molar-refractivity contribution in [2.24, 2.45) is 10.9 Å². The summed E-state index contributed by atoms with van der Waals surface area (Å²) in [7, 11) is 0. The summed E-state index contributed by atoms with van der Waals surface area (Å²) < 4.78 is 0. The van der Waals surface area contributed by atoms with Crippen LogP contribution < -0.4 is 10.6 Å². The van der Waals surface area contributed by atoms with E-state index in [9.17, 15) is 9.59 Å². The minimum Gasteiger partial charge on any atom is -0.372 e. The van der Waals surface area contributed by atoms with Crippen molar-refractivity contribution >= 4 is 18.0 Å². The number of piperidine rings is 1. The number of nitrogens with zero attached hydrogens (tertiary/aromatic N) is 1. The van der Waals surface area contributed by atoms with Gasteiger partial charge >= 0.3 is 0 Å². The Labute approximate surface area is 99.7 Å². The van der Waals surface area contributed by atoms with Crippen LogP contribution in [-0.4, -0.2) is 24.1 Å². The van der Waals surface area contributed by atoms with E-state index in [0.717, 1.165) is 5.70 Å². The Balaban J connectivity index is 1.99. The van der Waals surface area contributed by atoms with Crippen LogP contribution in [0.25, 0.3) is 0 Å². The fraction of sp³-hybridized carbons (Fsp3) is 0.417. The first kappa shape index (κ1) is 11.6. The standard InChI is InChI=1S/C12H15N3O2/c1-8-2-3-9(7-13-6-8)14-10-4-5-11(16)15-12(10)17/h2-3,6-8,10,14H,4-5H2,1H3,(H,15,16,17). The average Bonchev–Trinajstić information content (AvgIpc) is 2.48. The van der Waals surface area contributed by atoms with Gasteiger partial charge in [-0.1, -0.05) is 13.0 Å². The number of rotatable bonds is 2. The van der Waals surface area contributed by atoms with Crippen molar-refractivity contribution in [3.63, 3.8) is 0 Å². The van der Waals surface area contributed by atoms with E-state index in [1.807, 2.05) is 25.3 Å². The predicted molar refractivity (Wildman–Crippen MR) is 64.2 cm³/mol. The van der Waals surface area contributed by atoms with Gasteiger partial charge < -0.3 is 5.32 Å². The van der Waals surface area contributed by atoms with Gasteiger partial charge in [-0.15, -0.1) is 0 Å². The maximum absolute atomic E-state index is 11.5. The third-order valence-electron chi connectivity index (χ3n) is 2.69. The molecule has 0 saturated carbocycles. The molecule has 0 spiro atoms. The second kappa shape index (κ2) is 4.95. The Hall–Kier alpha value is -1.91. The highest BCUT2D eigenvalue weighted by molar-refractivity contribution is 6.00. The number of carbonyl (C=O) groups excluding carboxylic acids is 2. The average molecular weight is 233 g/mol. The van der Waals surface area contributed by atoms with Gasteiger partial charge in [0.2, 0.25) is 11.8 Å². The molecule has 5 nitrogen and oxygen atoms in total. The second-order valence-electron chi connectivity index (χ2n) is 4.25.